The SMILES string of the molecule is O=C(NCCCC[C@@H]1CCCO1)N1CCCN(c2ccccc2)CC1. The maximum Gasteiger partial charge on any atom is 0.317 e. The number of unbranched alkanes of at least 4 members (excludes halogenated alkanes) is 1. The molecule has 138 valence electrons. The molecule has 0 aliphatic carbocycles. The van der Waals surface area contributed by atoms with E-state index in [0.717, 1.165) is 65.0 Å². The molecule has 5 nitrogen and oxygen atoms in total. The molecule has 2 aliphatic heterocycles. The topological polar surface area (TPSA) is 44.8 Å². The van der Waals surface area contributed by atoms with Gasteiger partial charge in [0.05, 0.1) is 6.10 Å². The molecular weight excluding hydrogens is 314 g/mol. The van der Waals surface area contributed by atoms with Crippen molar-refractivity contribution in [3.05, 3.63) is 30.3 Å². The molecule has 1 aromatic rings. The van der Waals surface area contributed by atoms with E-state index in [1.165, 1.54) is 18.5 Å². The zero-order valence-corrected chi connectivity index (χ0v) is 15.2. The van der Waals surface area contributed by atoms with E-state index in [2.05, 4.69) is 34.5 Å². The van der Waals surface area contributed by atoms with Gasteiger partial charge in [-0.2, -0.15) is 0 Å². The average molecular weight is 345 g/mol. The van der Waals surface area contributed by atoms with E-state index >= 15 is 0 Å². The van der Waals surface area contributed by atoms with Crippen LogP contribution in [0.25, 0.3) is 0 Å². The number of hydrogen-bond donors (Lipinski definition) is 1. The van der Waals surface area contributed by atoms with E-state index in [-0.39, 0.29) is 6.03 Å². The van der Waals surface area contributed by atoms with Crippen LogP contribution in [-0.4, -0.2) is 56.4 Å². The first-order valence-electron chi connectivity index (χ1n) is 9.77. The molecule has 2 aliphatic rings. The van der Waals surface area contributed by atoms with Crippen LogP contribution < -0.4 is 10.2 Å². The Morgan fingerprint density at radius 1 is 1.08 bits per heavy atom. The van der Waals surface area contributed by atoms with Crippen LogP contribution in [0, 0.1) is 0 Å². The lowest BCUT2D eigenvalue weighted by Gasteiger charge is -2.24. The smallest absolute Gasteiger partial charge is 0.317 e. The van der Waals surface area contributed by atoms with Gasteiger partial charge in [0.25, 0.3) is 0 Å². The Hall–Kier alpha value is -1.75. The predicted octanol–water partition coefficient (Wildman–Crippen LogP) is 3.26. The van der Waals surface area contributed by atoms with Gasteiger partial charge < -0.3 is 19.9 Å². The van der Waals surface area contributed by atoms with Gasteiger partial charge in [-0.25, -0.2) is 4.79 Å². The Bertz CT molecular complexity index is 517. The van der Waals surface area contributed by atoms with Crippen molar-refractivity contribution in [2.24, 2.45) is 0 Å². The fourth-order valence-corrected chi connectivity index (χ4v) is 3.69. The molecule has 2 saturated heterocycles. The molecule has 5 heteroatoms. The van der Waals surface area contributed by atoms with Gasteiger partial charge in [0.15, 0.2) is 0 Å². The van der Waals surface area contributed by atoms with Crippen molar-refractivity contribution in [2.75, 3.05) is 44.2 Å². The lowest BCUT2D eigenvalue weighted by molar-refractivity contribution is 0.102. The zero-order valence-electron chi connectivity index (χ0n) is 15.2. The molecule has 3 rings (SSSR count). The third-order valence-corrected chi connectivity index (χ3v) is 5.16. The minimum absolute atomic E-state index is 0.0898. The Morgan fingerprint density at radius 2 is 1.96 bits per heavy atom. The molecule has 2 fully saturated rings. The molecular formula is C20H31N3O2. The molecule has 0 spiro atoms. The number of hydrogen-bond acceptors (Lipinski definition) is 3. The summed E-state index contributed by atoms with van der Waals surface area (Å²) in [6, 6.07) is 10.6. The molecule has 0 unspecified atom stereocenters. The number of amides is 2. The van der Waals surface area contributed by atoms with E-state index < -0.39 is 0 Å². The van der Waals surface area contributed by atoms with Crippen molar-refractivity contribution in [1.29, 1.82) is 0 Å². The predicted molar refractivity (Wildman–Crippen MR) is 101 cm³/mol. The molecule has 1 N–H and O–H groups in total. The highest BCUT2D eigenvalue weighted by atomic mass is 16.5. The maximum atomic E-state index is 12.4. The lowest BCUT2D eigenvalue weighted by atomic mass is 10.1. The summed E-state index contributed by atoms with van der Waals surface area (Å²) in [6.45, 7) is 5.23. The summed E-state index contributed by atoms with van der Waals surface area (Å²) in [5, 5.41) is 3.09. The molecule has 1 atom stereocenters. The van der Waals surface area contributed by atoms with Gasteiger partial charge in [-0.05, 0) is 50.7 Å². The van der Waals surface area contributed by atoms with Crippen LogP contribution in [0.5, 0.6) is 0 Å². The number of ether oxygens (including phenoxy) is 1. The van der Waals surface area contributed by atoms with Crippen molar-refractivity contribution < 1.29 is 9.53 Å². The second kappa shape index (κ2) is 9.66. The summed E-state index contributed by atoms with van der Waals surface area (Å²) in [6.07, 6.45) is 7.19. The van der Waals surface area contributed by atoms with E-state index in [4.69, 9.17) is 4.74 Å². The molecule has 1 aromatic carbocycles. The summed E-state index contributed by atoms with van der Waals surface area (Å²) in [5.74, 6) is 0. The van der Waals surface area contributed by atoms with Crippen LogP contribution in [0.3, 0.4) is 0 Å². The minimum Gasteiger partial charge on any atom is -0.378 e. The van der Waals surface area contributed by atoms with Gasteiger partial charge in [0, 0.05) is 45.0 Å². The van der Waals surface area contributed by atoms with Crippen molar-refractivity contribution in [2.45, 2.75) is 44.6 Å². The van der Waals surface area contributed by atoms with E-state index in [0.29, 0.717) is 6.10 Å². The first-order chi connectivity index (χ1) is 12.3. The number of benzene rings is 1. The number of carbonyl (C=O) groups excluding carboxylic acids is 1. The number of para-hydroxylation sites is 1. The maximum absolute atomic E-state index is 12.4. The van der Waals surface area contributed by atoms with Gasteiger partial charge in [0.2, 0.25) is 0 Å². The summed E-state index contributed by atoms with van der Waals surface area (Å²) in [5.41, 5.74) is 1.25. The van der Waals surface area contributed by atoms with Crippen LogP contribution >= 0.6 is 0 Å². The van der Waals surface area contributed by atoms with E-state index in [9.17, 15) is 4.79 Å². The normalized spacial score (nSPS) is 21.2. The second-order valence-electron chi connectivity index (χ2n) is 7.03. The molecule has 2 heterocycles. The van der Waals surface area contributed by atoms with Gasteiger partial charge in [-0.1, -0.05) is 18.2 Å². The Balaban J connectivity index is 1.33. The van der Waals surface area contributed by atoms with Crippen molar-refractivity contribution >= 4 is 11.7 Å². The lowest BCUT2D eigenvalue weighted by Crippen LogP contribution is -2.42. The van der Waals surface area contributed by atoms with E-state index in [1.54, 1.807) is 0 Å². The molecule has 25 heavy (non-hydrogen) atoms. The standard InChI is InChI=1S/C20H31N3O2/c24-20(21-12-5-4-10-19-11-6-17-25-19)23-14-7-13-22(15-16-23)18-8-2-1-3-9-18/h1-3,8-9,19H,4-7,10-17H2,(H,21,24)/t19-/m1/s1. The third kappa shape index (κ3) is 5.63. The van der Waals surface area contributed by atoms with Gasteiger partial charge >= 0.3 is 6.03 Å². The average Bonchev–Trinajstić information content (AvgIpc) is 3.04. The number of urea groups is 1. The van der Waals surface area contributed by atoms with Crippen LogP contribution in [0.1, 0.15) is 38.5 Å². The zero-order chi connectivity index (χ0) is 17.3. The highest BCUT2D eigenvalue weighted by Gasteiger charge is 2.19. The minimum atomic E-state index is 0.0898. The Morgan fingerprint density at radius 3 is 2.76 bits per heavy atom. The third-order valence-electron chi connectivity index (χ3n) is 5.16. The fraction of sp³-hybridized carbons (Fsp3) is 0.650. The fourth-order valence-electron chi connectivity index (χ4n) is 3.69. The number of nitrogens with one attached hydrogen (secondary N) is 1. The molecule has 0 aromatic heterocycles. The summed E-state index contributed by atoms with van der Waals surface area (Å²) in [4.78, 5) is 16.7. The first-order valence-corrected chi connectivity index (χ1v) is 9.77. The largest absolute Gasteiger partial charge is 0.378 e. The number of rotatable bonds is 6. The van der Waals surface area contributed by atoms with Crippen molar-refractivity contribution in [3.63, 3.8) is 0 Å². The number of carbonyl (C=O) groups is 1. The second-order valence-corrected chi connectivity index (χ2v) is 7.03. The molecule has 0 saturated carbocycles. The monoisotopic (exact) mass is 345 g/mol. The van der Waals surface area contributed by atoms with Crippen molar-refractivity contribution in [1.82, 2.24) is 10.2 Å². The summed E-state index contributed by atoms with van der Waals surface area (Å²) >= 11 is 0. The number of anilines is 1. The molecule has 0 radical (unpaired) electrons. The van der Waals surface area contributed by atoms with E-state index in [1.807, 2.05) is 11.0 Å². The highest BCUT2D eigenvalue weighted by Crippen LogP contribution is 2.18. The quantitative estimate of drug-likeness (QED) is 0.805. The highest BCUT2D eigenvalue weighted by molar-refractivity contribution is 5.74. The number of nitrogens with zero attached hydrogens (tertiary/aromatic N) is 2. The first kappa shape index (κ1) is 18.1. The Labute approximate surface area is 151 Å². The Kier molecular flexibility index (Phi) is 6.98. The van der Waals surface area contributed by atoms with Crippen LogP contribution in [0.4, 0.5) is 10.5 Å². The summed E-state index contributed by atoms with van der Waals surface area (Å²) in [7, 11) is 0. The molecule has 0 bridgehead atoms. The van der Waals surface area contributed by atoms with Crippen LogP contribution in [0.2, 0.25) is 0 Å². The van der Waals surface area contributed by atoms with Crippen LogP contribution in [-0.2, 0) is 4.74 Å². The van der Waals surface area contributed by atoms with Crippen LogP contribution in [0.15, 0.2) is 30.3 Å². The van der Waals surface area contributed by atoms with Crippen molar-refractivity contribution in [3.8, 4) is 0 Å². The van der Waals surface area contributed by atoms with Gasteiger partial charge in [-0.3, -0.25) is 0 Å². The van der Waals surface area contributed by atoms with Gasteiger partial charge in [0.1, 0.15) is 0 Å². The summed E-state index contributed by atoms with van der Waals surface area (Å²) < 4.78 is 5.64. The van der Waals surface area contributed by atoms with Gasteiger partial charge in [-0.15, -0.1) is 0 Å². The molecule has 2 amide bonds.